The first-order valence-electron chi connectivity index (χ1n) is 6.19. The standard InChI is InChI=1S/C15H14FN3O/c1-9-5-6-10(16)8-11(9)13-14(17)19-7-3-4-12(20-2)15(19)18-13/h3-8H,17H2,1-2H3. The number of imidazole rings is 1. The van der Waals surface area contributed by atoms with Crippen LogP contribution in [-0.2, 0) is 0 Å². The van der Waals surface area contributed by atoms with E-state index >= 15 is 0 Å². The van der Waals surface area contributed by atoms with Crippen LogP contribution in [0.5, 0.6) is 5.75 Å². The van der Waals surface area contributed by atoms with E-state index in [1.54, 1.807) is 23.8 Å². The third kappa shape index (κ3) is 1.79. The fraction of sp³-hybridized carbons (Fsp3) is 0.133. The second kappa shape index (κ2) is 4.52. The fourth-order valence-electron chi connectivity index (χ4n) is 2.27. The van der Waals surface area contributed by atoms with Crippen LogP contribution in [0.4, 0.5) is 10.2 Å². The molecule has 5 heteroatoms. The van der Waals surface area contributed by atoms with Gasteiger partial charge in [0.15, 0.2) is 11.4 Å². The number of rotatable bonds is 2. The van der Waals surface area contributed by atoms with Crippen LogP contribution in [0.15, 0.2) is 36.5 Å². The van der Waals surface area contributed by atoms with Crippen LogP contribution in [0.3, 0.4) is 0 Å². The molecule has 0 radical (unpaired) electrons. The van der Waals surface area contributed by atoms with Gasteiger partial charge in [-0.3, -0.25) is 4.40 Å². The molecule has 20 heavy (non-hydrogen) atoms. The van der Waals surface area contributed by atoms with Gasteiger partial charge in [0.25, 0.3) is 0 Å². The molecule has 0 aliphatic carbocycles. The minimum Gasteiger partial charge on any atom is -0.493 e. The normalized spacial score (nSPS) is 10.9. The van der Waals surface area contributed by atoms with Crippen molar-refractivity contribution in [1.82, 2.24) is 9.38 Å². The molecule has 0 saturated carbocycles. The molecule has 2 heterocycles. The van der Waals surface area contributed by atoms with Gasteiger partial charge in [-0.15, -0.1) is 0 Å². The van der Waals surface area contributed by atoms with Gasteiger partial charge in [-0.2, -0.15) is 0 Å². The predicted molar refractivity (Wildman–Crippen MR) is 76.3 cm³/mol. The van der Waals surface area contributed by atoms with Crippen molar-refractivity contribution >= 4 is 11.5 Å². The Bertz CT molecular complexity index is 795. The second-order valence-corrected chi connectivity index (χ2v) is 4.58. The zero-order valence-electron chi connectivity index (χ0n) is 11.2. The molecule has 0 unspecified atom stereocenters. The molecule has 2 N–H and O–H groups in total. The Morgan fingerprint density at radius 2 is 2.10 bits per heavy atom. The number of pyridine rings is 1. The predicted octanol–water partition coefficient (Wildman–Crippen LogP) is 3.04. The molecule has 3 rings (SSSR count). The van der Waals surface area contributed by atoms with Gasteiger partial charge in [0.1, 0.15) is 17.3 Å². The van der Waals surface area contributed by atoms with Crippen molar-refractivity contribution in [3.05, 3.63) is 47.9 Å². The van der Waals surface area contributed by atoms with Crippen LogP contribution < -0.4 is 10.5 Å². The number of benzene rings is 1. The van der Waals surface area contributed by atoms with E-state index in [0.717, 1.165) is 5.56 Å². The van der Waals surface area contributed by atoms with E-state index in [4.69, 9.17) is 10.5 Å². The first-order chi connectivity index (χ1) is 9.61. The molecule has 0 atom stereocenters. The van der Waals surface area contributed by atoms with E-state index < -0.39 is 0 Å². The molecule has 2 aromatic heterocycles. The quantitative estimate of drug-likeness (QED) is 0.779. The highest BCUT2D eigenvalue weighted by molar-refractivity contribution is 5.78. The summed E-state index contributed by atoms with van der Waals surface area (Å²) in [6.07, 6.45) is 1.80. The van der Waals surface area contributed by atoms with Crippen LogP contribution in [-0.4, -0.2) is 16.5 Å². The third-order valence-corrected chi connectivity index (χ3v) is 3.33. The highest BCUT2D eigenvalue weighted by Gasteiger charge is 2.16. The van der Waals surface area contributed by atoms with E-state index in [0.29, 0.717) is 28.5 Å². The summed E-state index contributed by atoms with van der Waals surface area (Å²) < 4.78 is 20.5. The zero-order chi connectivity index (χ0) is 14.3. The van der Waals surface area contributed by atoms with Crippen LogP contribution in [0.1, 0.15) is 5.56 Å². The monoisotopic (exact) mass is 271 g/mol. The van der Waals surface area contributed by atoms with Gasteiger partial charge in [-0.25, -0.2) is 9.37 Å². The molecule has 3 aromatic rings. The number of anilines is 1. The summed E-state index contributed by atoms with van der Waals surface area (Å²) in [6.45, 7) is 1.90. The fourth-order valence-corrected chi connectivity index (χ4v) is 2.27. The first kappa shape index (κ1) is 12.5. The van der Waals surface area contributed by atoms with Crippen LogP contribution in [0, 0.1) is 12.7 Å². The van der Waals surface area contributed by atoms with Crippen LogP contribution in [0.2, 0.25) is 0 Å². The van der Waals surface area contributed by atoms with Crippen molar-refractivity contribution in [1.29, 1.82) is 0 Å². The van der Waals surface area contributed by atoms with Crippen LogP contribution in [0.25, 0.3) is 16.9 Å². The highest BCUT2D eigenvalue weighted by Crippen LogP contribution is 2.32. The number of ether oxygens (including phenoxy) is 1. The summed E-state index contributed by atoms with van der Waals surface area (Å²) >= 11 is 0. The Labute approximate surface area is 115 Å². The van der Waals surface area contributed by atoms with Crippen molar-refractivity contribution in [3.63, 3.8) is 0 Å². The number of nitrogens with two attached hydrogens (primary N) is 1. The first-order valence-corrected chi connectivity index (χ1v) is 6.19. The number of fused-ring (bicyclic) bond motifs is 1. The summed E-state index contributed by atoms with van der Waals surface area (Å²) in [5.41, 5.74) is 8.92. The lowest BCUT2D eigenvalue weighted by atomic mass is 10.1. The topological polar surface area (TPSA) is 52.5 Å². The maximum atomic E-state index is 13.5. The number of aryl methyl sites for hydroxylation is 1. The molecule has 4 nitrogen and oxygen atoms in total. The highest BCUT2D eigenvalue weighted by atomic mass is 19.1. The molecule has 1 aromatic carbocycles. The Morgan fingerprint density at radius 3 is 2.85 bits per heavy atom. The van der Waals surface area contributed by atoms with E-state index in [2.05, 4.69) is 4.98 Å². The summed E-state index contributed by atoms with van der Waals surface area (Å²) in [5.74, 6) is 0.779. The third-order valence-electron chi connectivity index (χ3n) is 3.33. The average Bonchev–Trinajstić information content (AvgIpc) is 2.79. The Kier molecular flexibility index (Phi) is 2.82. The average molecular weight is 271 g/mol. The van der Waals surface area contributed by atoms with E-state index in [9.17, 15) is 4.39 Å². The van der Waals surface area contributed by atoms with Crippen molar-refractivity contribution < 1.29 is 9.13 Å². The molecule has 0 aliphatic rings. The van der Waals surface area contributed by atoms with Crippen molar-refractivity contribution in [2.75, 3.05) is 12.8 Å². The van der Waals surface area contributed by atoms with Gasteiger partial charge in [0.2, 0.25) is 0 Å². The van der Waals surface area contributed by atoms with E-state index in [-0.39, 0.29) is 5.82 Å². The lowest BCUT2D eigenvalue weighted by Gasteiger charge is -2.04. The molecule has 102 valence electrons. The number of methoxy groups -OCH3 is 1. The molecule has 0 aliphatic heterocycles. The van der Waals surface area contributed by atoms with Gasteiger partial charge in [-0.05, 0) is 36.8 Å². The van der Waals surface area contributed by atoms with E-state index in [1.807, 2.05) is 19.1 Å². The molecule has 0 fully saturated rings. The lowest BCUT2D eigenvalue weighted by molar-refractivity contribution is 0.417. The van der Waals surface area contributed by atoms with Crippen molar-refractivity contribution in [3.8, 4) is 17.0 Å². The van der Waals surface area contributed by atoms with Gasteiger partial charge in [-0.1, -0.05) is 6.07 Å². The number of halogens is 1. The largest absolute Gasteiger partial charge is 0.493 e. The van der Waals surface area contributed by atoms with Crippen LogP contribution >= 0.6 is 0 Å². The number of nitrogen functional groups attached to an aromatic ring is 1. The lowest BCUT2D eigenvalue weighted by Crippen LogP contribution is -1.95. The van der Waals surface area contributed by atoms with Gasteiger partial charge in [0, 0.05) is 11.8 Å². The minimum absolute atomic E-state index is 0.311. The molecular weight excluding hydrogens is 257 g/mol. The van der Waals surface area contributed by atoms with Gasteiger partial charge >= 0.3 is 0 Å². The summed E-state index contributed by atoms with van der Waals surface area (Å²) in [7, 11) is 1.58. The van der Waals surface area contributed by atoms with Crippen molar-refractivity contribution in [2.24, 2.45) is 0 Å². The van der Waals surface area contributed by atoms with E-state index in [1.165, 1.54) is 12.1 Å². The summed E-state index contributed by atoms with van der Waals surface area (Å²) in [5, 5.41) is 0. The Hall–Kier alpha value is -2.56. The Morgan fingerprint density at radius 1 is 1.30 bits per heavy atom. The van der Waals surface area contributed by atoms with Gasteiger partial charge in [0.05, 0.1) is 7.11 Å². The molecule has 0 bridgehead atoms. The molecule has 0 spiro atoms. The maximum Gasteiger partial charge on any atom is 0.181 e. The number of aromatic nitrogens is 2. The maximum absolute atomic E-state index is 13.5. The number of hydrogen-bond acceptors (Lipinski definition) is 3. The molecule has 0 saturated heterocycles. The number of hydrogen-bond donors (Lipinski definition) is 1. The molecule has 0 amide bonds. The van der Waals surface area contributed by atoms with Gasteiger partial charge < -0.3 is 10.5 Å². The summed E-state index contributed by atoms with van der Waals surface area (Å²) in [6, 6.07) is 8.22. The zero-order valence-corrected chi connectivity index (χ0v) is 11.2. The smallest absolute Gasteiger partial charge is 0.181 e. The minimum atomic E-state index is -0.311. The molecular formula is C15H14FN3O. The Balaban J connectivity index is 2.32. The second-order valence-electron chi connectivity index (χ2n) is 4.58. The SMILES string of the molecule is COc1cccn2c(N)c(-c3cc(F)ccc3C)nc12. The number of nitrogens with zero attached hydrogens (tertiary/aromatic N) is 2. The summed E-state index contributed by atoms with van der Waals surface area (Å²) in [4.78, 5) is 4.50. The van der Waals surface area contributed by atoms with Crippen molar-refractivity contribution in [2.45, 2.75) is 6.92 Å².